The van der Waals surface area contributed by atoms with Crippen molar-refractivity contribution >= 4 is 10.8 Å². The van der Waals surface area contributed by atoms with E-state index in [9.17, 15) is 17.6 Å². The molecule has 1 fully saturated rings. The fourth-order valence-corrected chi connectivity index (χ4v) is 5.12. The third-order valence-electron chi connectivity index (χ3n) is 6.91. The topological polar surface area (TPSA) is 9.23 Å². The number of rotatable bonds is 7. The van der Waals surface area contributed by atoms with E-state index in [4.69, 9.17) is 0 Å². The summed E-state index contributed by atoms with van der Waals surface area (Å²) >= 11 is 0. The molecule has 1 aliphatic rings. The summed E-state index contributed by atoms with van der Waals surface area (Å²) in [5.41, 5.74) is 3.70. The summed E-state index contributed by atoms with van der Waals surface area (Å²) in [4.78, 5) is 0. The normalized spacial score (nSPS) is 19.1. The van der Waals surface area contributed by atoms with Crippen LogP contribution in [0, 0.1) is 11.7 Å². The number of halogens is 4. The second-order valence-electron chi connectivity index (χ2n) is 9.23. The summed E-state index contributed by atoms with van der Waals surface area (Å²) in [7, 11) is 0. The smallest absolute Gasteiger partial charge is 0.403 e. The largest absolute Gasteiger partial charge is 0.573 e. The first-order valence-corrected chi connectivity index (χ1v) is 11.9. The number of fused-ring (bicyclic) bond motifs is 1. The maximum Gasteiger partial charge on any atom is 0.573 e. The van der Waals surface area contributed by atoms with Crippen LogP contribution >= 0.6 is 0 Å². The highest BCUT2D eigenvalue weighted by Crippen LogP contribution is 2.37. The van der Waals surface area contributed by atoms with Gasteiger partial charge >= 0.3 is 6.36 Å². The molecule has 176 valence electrons. The molecule has 0 amide bonds. The number of aryl methyl sites for hydroxylation is 2. The van der Waals surface area contributed by atoms with Gasteiger partial charge < -0.3 is 4.74 Å². The third kappa shape index (κ3) is 6.07. The van der Waals surface area contributed by atoms with Crippen molar-refractivity contribution in [1.29, 1.82) is 0 Å². The van der Waals surface area contributed by atoms with Crippen molar-refractivity contribution in [2.45, 2.75) is 70.6 Å². The Hall–Kier alpha value is -2.56. The molecule has 4 rings (SSSR count). The van der Waals surface area contributed by atoms with Crippen LogP contribution in [0.3, 0.4) is 0 Å². The Kier molecular flexibility index (Phi) is 7.26. The summed E-state index contributed by atoms with van der Waals surface area (Å²) in [5, 5.41) is 0.687. The summed E-state index contributed by atoms with van der Waals surface area (Å²) in [5.74, 6) is -0.212. The van der Waals surface area contributed by atoms with Crippen LogP contribution in [-0.4, -0.2) is 6.36 Å². The van der Waals surface area contributed by atoms with E-state index in [-0.39, 0.29) is 5.39 Å². The number of benzene rings is 3. The van der Waals surface area contributed by atoms with Crippen LogP contribution in [0.25, 0.3) is 10.8 Å². The average Bonchev–Trinajstić information content (AvgIpc) is 2.80. The molecule has 3 aromatic carbocycles. The van der Waals surface area contributed by atoms with Gasteiger partial charge in [-0.15, -0.1) is 13.2 Å². The lowest BCUT2D eigenvalue weighted by molar-refractivity contribution is -0.275. The van der Waals surface area contributed by atoms with Crippen LogP contribution in [0.1, 0.15) is 68.1 Å². The van der Waals surface area contributed by atoms with Crippen LogP contribution in [0.15, 0.2) is 54.6 Å². The lowest BCUT2D eigenvalue weighted by atomic mass is 9.77. The summed E-state index contributed by atoms with van der Waals surface area (Å²) in [6.45, 7) is 2.27. The lowest BCUT2D eigenvalue weighted by Crippen LogP contribution is -2.18. The number of ether oxygens (including phenoxy) is 1. The van der Waals surface area contributed by atoms with Gasteiger partial charge in [-0.3, -0.25) is 0 Å². The first-order valence-electron chi connectivity index (χ1n) is 11.9. The minimum absolute atomic E-state index is 0.124. The minimum atomic E-state index is -4.92. The number of hydrogen-bond acceptors (Lipinski definition) is 1. The molecule has 1 nitrogen and oxygen atoms in total. The Morgan fingerprint density at radius 3 is 2.18 bits per heavy atom. The van der Waals surface area contributed by atoms with Gasteiger partial charge in [-0.25, -0.2) is 4.39 Å². The van der Waals surface area contributed by atoms with Crippen molar-refractivity contribution in [3.05, 3.63) is 77.1 Å². The Balaban J connectivity index is 1.37. The zero-order chi connectivity index (χ0) is 23.4. The van der Waals surface area contributed by atoms with E-state index in [0.29, 0.717) is 11.3 Å². The molecule has 5 heteroatoms. The first kappa shape index (κ1) is 23.6. The van der Waals surface area contributed by atoms with Gasteiger partial charge in [-0.1, -0.05) is 68.3 Å². The van der Waals surface area contributed by atoms with E-state index in [0.717, 1.165) is 30.4 Å². The van der Waals surface area contributed by atoms with E-state index in [2.05, 4.69) is 35.9 Å². The van der Waals surface area contributed by atoms with Gasteiger partial charge in [-0.05, 0) is 78.5 Å². The van der Waals surface area contributed by atoms with Gasteiger partial charge in [0.25, 0.3) is 0 Å². The summed E-state index contributed by atoms with van der Waals surface area (Å²) in [6.07, 6.45) is 4.60. The van der Waals surface area contributed by atoms with Crippen molar-refractivity contribution in [3.63, 3.8) is 0 Å². The fourth-order valence-electron chi connectivity index (χ4n) is 5.12. The lowest BCUT2D eigenvalue weighted by Gasteiger charge is -2.28. The molecule has 33 heavy (non-hydrogen) atoms. The Labute approximate surface area is 192 Å². The number of hydrogen-bond donors (Lipinski definition) is 0. The van der Waals surface area contributed by atoms with E-state index in [1.54, 1.807) is 6.07 Å². The van der Waals surface area contributed by atoms with Gasteiger partial charge in [0, 0.05) is 5.39 Å². The van der Waals surface area contributed by atoms with Crippen LogP contribution in [0.5, 0.6) is 5.75 Å². The van der Waals surface area contributed by atoms with Crippen LogP contribution in [-0.2, 0) is 12.8 Å². The number of alkyl halides is 3. The molecule has 0 bridgehead atoms. The third-order valence-corrected chi connectivity index (χ3v) is 6.91. The molecular weight excluding hydrogens is 428 g/mol. The second-order valence-corrected chi connectivity index (χ2v) is 9.23. The zero-order valence-corrected chi connectivity index (χ0v) is 18.9. The first-order chi connectivity index (χ1) is 15.8. The monoisotopic (exact) mass is 458 g/mol. The molecule has 0 spiro atoms. The van der Waals surface area contributed by atoms with Crippen molar-refractivity contribution in [2.24, 2.45) is 5.92 Å². The van der Waals surface area contributed by atoms with Crippen LogP contribution in [0.4, 0.5) is 17.6 Å². The molecule has 0 aromatic heterocycles. The molecule has 0 atom stereocenters. The van der Waals surface area contributed by atoms with Crippen molar-refractivity contribution in [1.82, 2.24) is 0 Å². The van der Waals surface area contributed by atoms with E-state index < -0.39 is 17.9 Å². The highest BCUT2D eigenvalue weighted by molar-refractivity contribution is 5.85. The molecule has 1 saturated carbocycles. The molecule has 0 heterocycles. The van der Waals surface area contributed by atoms with Gasteiger partial charge in [-0.2, -0.15) is 0 Å². The van der Waals surface area contributed by atoms with E-state index >= 15 is 0 Å². The molecule has 0 unspecified atom stereocenters. The second kappa shape index (κ2) is 10.1. The maximum absolute atomic E-state index is 14.4. The molecule has 3 aromatic rings. The predicted molar refractivity (Wildman–Crippen MR) is 124 cm³/mol. The molecule has 1 aliphatic carbocycles. The van der Waals surface area contributed by atoms with E-state index in [1.165, 1.54) is 61.8 Å². The van der Waals surface area contributed by atoms with Gasteiger partial charge in [0.1, 0.15) is 0 Å². The fraction of sp³-hybridized carbons (Fsp3) is 0.429. The Morgan fingerprint density at radius 1 is 0.848 bits per heavy atom. The van der Waals surface area contributed by atoms with Gasteiger partial charge in [0.2, 0.25) is 0 Å². The van der Waals surface area contributed by atoms with Crippen LogP contribution < -0.4 is 4.74 Å². The van der Waals surface area contributed by atoms with E-state index in [1.807, 2.05) is 6.07 Å². The Bertz CT molecular complexity index is 1060. The zero-order valence-electron chi connectivity index (χ0n) is 18.9. The SMILES string of the molecule is CCCC1CCC(c2ccc(CCc3ccc4c(F)c(OC(F)(F)F)ccc4c3)cc2)CC1. The molecule has 0 radical (unpaired) electrons. The van der Waals surface area contributed by atoms with Crippen molar-refractivity contribution in [2.75, 3.05) is 0 Å². The summed E-state index contributed by atoms with van der Waals surface area (Å²) < 4.78 is 55.5. The van der Waals surface area contributed by atoms with Gasteiger partial charge in [0.15, 0.2) is 11.6 Å². The van der Waals surface area contributed by atoms with Crippen molar-refractivity contribution < 1.29 is 22.3 Å². The maximum atomic E-state index is 14.4. The molecule has 0 saturated heterocycles. The average molecular weight is 459 g/mol. The Morgan fingerprint density at radius 2 is 1.52 bits per heavy atom. The highest BCUT2D eigenvalue weighted by Gasteiger charge is 2.32. The predicted octanol–water partition coefficient (Wildman–Crippen LogP) is 8.74. The minimum Gasteiger partial charge on any atom is -0.403 e. The standard InChI is InChI=1S/C28H30F4O/c1-2-3-19-6-11-22(12-7-19)23-13-8-20(9-14-23)4-5-21-10-16-25-24(18-21)15-17-26(27(25)29)33-28(30,31)32/h8-10,13-19,22H,2-7,11-12H2,1H3. The van der Waals surface area contributed by atoms with Gasteiger partial charge in [0.05, 0.1) is 0 Å². The quantitative estimate of drug-likeness (QED) is 0.322. The summed E-state index contributed by atoms with van der Waals surface area (Å²) in [6, 6.07) is 16.6. The molecular formula is C28H30F4O. The molecule has 0 aliphatic heterocycles. The molecule has 0 N–H and O–H groups in total. The highest BCUT2D eigenvalue weighted by atomic mass is 19.4. The van der Waals surface area contributed by atoms with Crippen LogP contribution in [0.2, 0.25) is 0 Å². The van der Waals surface area contributed by atoms with Crippen molar-refractivity contribution in [3.8, 4) is 5.75 Å².